The Balaban J connectivity index is 1.99. The fraction of sp³-hybridized carbons (Fsp3) is 0.238. The number of hydrogen-bond acceptors (Lipinski definition) is 6. The van der Waals surface area contributed by atoms with Gasteiger partial charge in [0.15, 0.2) is 5.78 Å². The highest BCUT2D eigenvalue weighted by molar-refractivity contribution is 7.89. The van der Waals surface area contributed by atoms with Gasteiger partial charge in [0.2, 0.25) is 10.0 Å². The number of sulfonamides is 1. The van der Waals surface area contributed by atoms with Crippen LogP contribution in [0.1, 0.15) is 22.8 Å². The first-order valence-electron chi connectivity index (χ1n) is 9.18. The van der Waals surface area contributed by atoms with E-state index in [1.807, 2.05) is 0 Å². The van der Waals surface area contributed by atoms with Crippen molar-refractivity contribution in [2.24, 2.45) is 0 Å². The molecule has 0 bridgehead atoms. The molecule has 2 N–H and O–H groups in total. The van der Waals surface area contributed by atoms with Crippen LogP contribution in [-0.4, -0.2) is 48.9 Å². The zero-order valence-corrected chi connectivity index (χ0v) is 17.4. The second-order valence-electron chi connectivity index (χ2n) is 6.72. The molecule has 0 unspecified atom stereocenters. The van der Waals surface area contributed by atoms with Crippen LogP contribution in [0.4, 0.5) is 0 Å². The summed E-state index contributed by atoms with van der Waals surface area (Å²) in [5.41, 5.74) is 0.800. The minimum Gasteiger partial charge on any atom is -0.497 e. The number of nitrogens with zero attached hydrogens (tertiary/aromatic N) is 1. The number of nitrogens with one attached hydrogen (secondary N) is 1. The van der Waals surface area contributed by atoms with E-state index in [0.29, 0.717) is 22.2 Å². The van der Waals surface area contributed by atoms with Crippen LogP contribution < -0.4 is 10.3 Å². The first kappa shape index (κ1) is 21.7. The lowest BCUT2D eigenvalue weighted by Crippen LogP contribution is -2.35. The molecule has 0 radical (unpaired) electrons. The summed E-state index contributed by atoms with van der Waals surface area (Å²) < 4.78 is 32.4. The van der Waals surface area contributed by atoms with Crippen LogP contribution in [0.15, 0.2) is 58.2 Å². The number of carbonyl (C=O) groups excluding carboxylic acids is 1. The smallest absolute Gasteiger partial charge is 0.252 e. The highest BCUT2D eigenvalue weighted by Gasteiger charge is 2.25. The summed E-state index contributed by atoms with van der Waals surface area (Å²) >= 11 is 0. The molecular weight excluding hydrogens is 408 g/mol. The number of fused-ring (bicyclic) bond motifs is 1. The lowest BCUT2D eigenvalue weighted by molar-refractivity contribution is 0.101. The Morgan fingerprint density at radius 1 is 1.13 bits per heavy atom. The maximum Gasteiger partial charge on any atom is 0.252 e. The van der Waals surface area contributed by atoms with Gasteiger partial charge < -0.3 is 14.8 Å². The van der Waals surface area contributed by atoms with E-state index in [1.165, 1.54) is 38.3 Å². The Hall–Kier alpha value is -3.01. The fourth-order valence-corrected chi connectivity index (χ4v) is 4.48. The molecule has 1 aromatic heterocycles. The summed E-state index contributed by atoms with van der Waals surface area (Å²) in [6.07, 6.45) is 0. The van der Waals surface area contributed by atoms with E-state index >= 15 is 0 Å². The zero-order chi connectivity index (χ0) is 21.9. The van der Waals surface area contributed by atoms with Crippen molar-refractivity contribution in [1.29, 1.82) is 0 Å². The molecule has 158 valence electrons. The van der Waals surface area contributed by atoms with E-state index in [0.717, 1.165) is 4.31 Å². The van der Waals surface area contributed by atoms with Gasteiger partial charge in [0.1, 0.15) is 5.75 Å². The Kier molecular flexibility index (Phi) is 6.35. The number of H-pyrrole nitrogens is 1. The van der Waals surface area contributed by atoms with Gasteiger partial charge in [-0.3, -0.25) is 9.59 Å². The van der Waals surface area contributed by atoms with Crippen molar-refractivity contribution in [1.82, 2.24) is 9.29 Å². The van der Waals surface area contributed by atoms with Crippen LogP contribution in [0.5, 0.6) is 5.75 Å². The van der Waals surface area contributed by atoms with Crippen molar-refractivity contribution in [2.75, 3.05) is 20.3 Å². The summed E-state index contributed by atoms with van der Waals surface area (Å²) in [7, 11) is -2.47. The Bertz CT molecular complexity index is 1230. The van der Waals surface area contributed by atoms with E-state index in [1.54, 1.807) is 24.3 Å². The van der Waals surface area contributed by atoms with Crippen molar-refractivity contribution >= 4 is 26.7 Å². The van der Waals surface area contributed by atoms with E-state index in [2.05, 4.69) is 4.98 Å². The van der Waals surface area contributed by atoms with Gasteiger partial charge in [-0.2, -0.15) is 4.31 Å². The number of Topliss-reactive ketones (excluding diaryl/α,β-unsaturated/α-hetero) is 1. The molecule has 30 heavy (non-hydrogen) atoms. The van der Waals surface area contributed by atoms with Gasteiger partial charge in [0.05, 0.1) is 18.6 Å². The van der Waals surface area contributed by atoms with Gasteiger partial charge in [0.25, 0.3) is 5.56 Å². The largest absolute Gasteiger partial charge is 0.497 e. The molecule has 3 rings (SSSR count). The number of aromatic nitrogens is 1. The molecule has 9 heteroatoms. The Morgan fingerprint density at radius 2 is 1.83 bits per heavy atom. The maximum absolute atomic E-state index is 13.1. The lowest BCUT2D eigenvalue weighted by atomic mass is 10.1. The van der Waals surface area contributed by atoms with Crippen LogP contribution in [0.2, 0.25) is 0 Å². The Morgan fingerprint density at radius 3 is 2.43 bits per heavy atom. The van der Waals surface area contributed by atoms with Crippen LogP contribution >= 0.6 is 0 Å². The first-order chi connectivity index (χ1) is 14.3. The number of aliphatic hydroxyl groups excluding tert-OH is 1. The first-order valence-corrected chi connectivity index (χ1v) is 10.6. The number of benzene rings is 2. The monoisotopic (exact) mass is 430 g/mol. The number of pyridine rings is 1. The Labute approximate surface area is 173 Å². The van der Waals surface area contributed by atoms with Crippen molar-refractivity contribution in [3.05, 3.63) is 70.0 Å². The average Bonchev–Trinajstić information content (AvgIpc) is 2.73. The minimum absolute atomic E-state index is 0.0279. The number of ether oxygens (including phenoxy) is 1. The molecular formula is C21H22N2O6S. The van der Waals surface area contributed by atoms with E-state index < -0.39 is 22.2 Å². The third kappa shape index (κ3) is 4.43. The molecule has 0 atom stereocenters. The SMILES string of the molecule is COc1ccc2[nH]c(=O)c(CN(CCO)S(=O)(=O)c3ccc(C(C)=O)cc3)cc2c1. The number of aromatic amines is 1. The predicted octanol–water partition coefficient (Wildman–Crippen LogP) is 1.92. The molecule has 0 amide bonds. The number of hydrogen-bond donors (Lipinski definition) is 2. The normalized spacial score (nSPS) is 11.7. The summed E-state index contributed by atoms with van der Waals surface area (Å²) in [4.78, 5) is 26.6. The quantitative estimate of drug-likeness (QED) is 0.528. The molecule has 0 aliphatic carbocycles. The number of carbonyl (C=O) groups is 1. The summed E-state index contributed by atoms with van der Waals surface area (Å²) in [5, 5.41) is 10.1. The summed E-state index contributed by atoms with van der Waals surface area (Å²) in [5.74, 6) is 0.426. The highest BCUT2D eigenvalue weighted by atomic mass is 32.2. The molecule has 0 saturated heterocycles. The van der Waals surface area contributed by atoms with Gasteiger partial charge in [-0.05, 0) is 43.3 Å². The van der Waals surface area contributed by atoms with Gasteiger partial charge in [-0.1, -0.05) is 12.1 Å². The number of rotatable bonds is 8. The average molecular weight is 430 g/mol. The van der Waals surface area contributed by atoms with Gasteiger partial charge in [-0.25, -0.2) is 8.42 Å². The molecule has 0 aliphatic heterocycles. The van der Waals surface area contributed by atoms with E-state index in [9.17, 15) is 23.1 Å². The van der Waals surface area contributed by atoms with Gasteiger partial charge in [0, 0.05) is 35.1 Å². The standard InChI is InChI=1S/C21H22N2O6S/c1-14(25)15-3-6-19(7-4-15)30(27,28)23(9-10-24)13-17-11-16-12-18(29-2)5-8-20(16)22-21(17)26/h3-8,11-12,24H,9-10,13H2,1-2H3,(H,22,26). The second-order valence-corrected chi connectivity index (χ2v) is 8.66. The lowest BCUT2D eigenvalue weighted by Gasteiger charge is -2.21. The second kappa shape index (κ2) is 8.78. The van der Waals surface area contributed by atoms with E-state index in [-0.39, 0.29) is 29.3 Å². The molecule has 2 aromatic carbocycles. The summed E-state index contributed by atoms with van der Waals surface area (Å²) in [6, 6.07) is 12.3. The van der Waals surface area contributed by atoms with Crippen molar-refractivity contribution in [3.8, 4) is 5.75 Å². The molecule has 8 nitrogen and oxygen atoms in total. The molecule has 0 fully saturated rings. The van der Waals surface area contributed by atoms with Crippen LogP contribution in [-0.2, 0) is 16.6 Å². The number of ketones is 1. The minimum atomic E-state index is -4.00. The topological polar surface area (TPSA) is 117 Å². The van der Waals surface area contributed by atoms with Crippen molar-refractivity contribution in [2.45, 2.75) is 18.4 Å². The maximum atomic E-state index is 13.1. The van der Waals surface area contributed by atoms with Crippen LogP contribution in [0.25, 0.3) is 10.9 Å². The van der Waals surface area contributed by atoms with Crippen LogP contribution in [0.3, 0.4) is 0 Å². The molecule has 0 aliphatic rings. The third-order valence-corrected chi connectivity index (χ3v) is 6.58. The third-order valence-electron chi connectivity index (χ3n) is 4.72. The van der Waals surface area contributed by atoms with Gasteiger partial charge in [-0.15, -0.1) is 0 Å². The van der Waals surface area contributed by atoms with Gasteiger partial charge >= 0.3 is 0 Å². The predicted molar refractivity (Wildman–Crippen MR) is 112 cm³/mol. The fourth-order valence-electron chi connectivity index (χ4n) is 3.07. The number of methoxy groups -OCH3 is 1. The van der Waals surface area contributed by atoms with E-state index in [4.69, 9.17) is 4.74 Å². The van der Waals surface area contributed by atoms with Crippen molar-refractivity contribution in [3.63, 3.8) is 0 Å². The summed E-state index contributed by atoms with van der Waals surface area (Å²) in [6.45, 7) is 0.568. The molecule has 1 heterocycles. The molecule has 0 saturated carbocycles. The zero-order valence-electron chi connectivity index (χ0n) is 16.6. The highest BCUT2D eigenvalue weighted by Crippen LogP contribution is 2.22. The van der Waals surface area contributed by atoms with Crippen molar-refractivity contribution < 1.29 is 23.1 Å². The molecule has 0 spiro atoms. The number of aliphatic hydroxyl groups is 1. The van der Waals surface area contributed by atoms with Crippen LogP contribution in [0, 0.1) is 0 Å². The molecule has 3 aromatic rings.